The minimum atomic E-state index is -0.143. The Morgan fingerprint density at radius 1 is 1.10 bits per heavy atom. The Bertz CT molecular complexity index is 999. The molecule has 3 aromatic rings. The molecule has 3 atom stereocenters. The maximum Gasteiger partial charge on any atom is 0.149 e. The van der Waals surface area contributed by atoms with E-state index in [1.807, 2.05) is 54.6 Å². The highest BCUT2D eigenvalue weighted by Gasteiger charge is 2.29. The first kappa shape index (κ1) is 19.0. The molecule has 146 valence electrons. The zero-order valence-electron chi connectivity index (χ0n) is 16.4. The molecule has 29 heavy (non-hydrogen) atoms. The van der Waals surface area contributed by atoms with Crippen molar-refractivity contribution in [3.63, 3.8) is 0 Å². The van der Waals surface area contributed by atoms with Crippen LogP contribution in [-0.2, 0) is 4.74 Å². The van der Waals surface area contributed by atoms with E-state index in [1.165, 1.54) is 0 Å². The van der Waals surface area contributed by atoms with Crippen LogP contribution in [0.25, 0.3) is 0 Å². The van der Waals surface area contributed by atoms with E-state index in [-0.39, 0.29) is 18.1 Å². The van der Waals surface area contributed by atoms with Gasteiger partial charge in [0.2, 0.25) is 0 Å². The van der Waals surface area contributed by atoms with Gasteiger partial charge in [0, 0.05) is 18.7 Å². The van der Waals surface area contributed by atoms with Gasteiger partial charge < -0.3 is 15.4 Å². The molecule has 1 aliphatic heterocycles. The van der Waals surface area contributed by atoms with Crippen LogP contribution in [0.2, 0.25) is 0 Å². The first-order chi connectivity index (χ1) is 14.3. The Labute approximate surface area is 171 Å². The van der Waals surface area contributed by atoms with E-state index in [4.69, 9.17) is 4.74 Å². The van der Waals surface area contributed by atoms with Crippen LogP contribution in [0.4, 0.5) is 11.5 Å². The second-order valence-corrected chi connectivity index (χ2v) is 7.30. The largest absolute Gasteiger partial charge is 0.380 e. The molecule has 1 aliphatic rings. The molecule has 4 rings (SSSR count). The number of ether oxygens (including phenoxy) is 1. The van der Waals surface area contributed by atoms with Crippen LogP contribution in [0.15, 0.2) is 72.9 Å². The molecule has 0 fully saturated rings. The highest BCUT2D eigenvalue weighted by Crippen LogP contribution is 2.31. The number of aromatic nitrogens is 1. The van der Waals surface area contributed by atoms with E-state index < -0.39 is 0 Å². The molecule has 0 aliphatic carbocycles. The minimum Gasteiger partial charge on any atom is -0.380 e. The fourth-order valence-corrected chi connectivity index (χ4v) is 3.75. The van der Waals surface area contributed by atoms with Crippen LogP contribution in [0.3, 0.4) is 0 Å². The summed E-state index contributed by atoms with van der Waals surface area (Å²) < 4.78 is 6.46. The highest BCUT2D eigenvalue weighted by molar-refractivity contribution is 5.66. The van der Waals surface area contributed by atoms with Gasteiger partial charge in [-0.2, -0.15) is 5.26 Å². The van der Waals surface area contributed by atoms with Gasteiger partial charge in [-0.25, -0.2) is 4.98 Å². The smallest absolute Gasteiger partial charge is 0.149 e. The SMILES string of the molecule is CC(CO[C@@H](c1ccccc1)[C@@H]1CNc2cccnc2N1)c1ccccc1C#N. The van der Waals surface area contributed by atoms with Crippen LogP contribution in [0.5, 0.6) is 0 Å². The van der Waals surface area contributed by atoms with Crippen LogP contribution in [0.1, 0.15) is 35.6 Å². The van der Waals surface area contributed by atoms with Gasteiger partial charge in [0.05, 0.1) is 30.0 Å². The summed E-state index contributed by atoms with van der Waals surface area (Å²) in [5.41, 5.74) is 3.85. The normalized spacial score (nSPS) is 17.2. The zero-order chi connectivity index (χ0) is 20.1. The Balaban J connectivity index is 1.54. The lowest BCUT2D eigenvalue weighted by molar-refractivity contribution is 0.0338. The molecular weight excluding hydrogens is 360 g/mol. The quantitative estimate of drug-likeness (QED) is 0.643. The summed E-state index contributed by atoms with van der Waals surface area (Å²) in [7, 11) is 0. The highest BCUT2D eigenvalue weighted by atomic mass is 16.5. The monoisotopic (exact) mass is 384 g/mol. The number of pyridine rings is 1. The fourth-order valence-electron chi connectivity index (χ4n) is 3.75. The number of hydrogen-bond acceptors (Lipinski definition) is 5. The molecule has 2 N–H and O–H groups in total. The van der Waals surface area contributed by atoms with E-state index >= 15 is 0 Å². The molecule has 0 saturated heterocycles. The number of nitrogens with one attached hydrogen (secondary N) is 2. The predicted molar refractivity (Wildman–Crippen MR) is 115 cm³/mol. The minimum absolute atomic E-state index is 0.0400. The van der Waals surface area contributed by atoms with Gasteiger partial charge in [-0.3, -0.25) is 0 Å². The number of anilines is 2. The molecule has 0 bridgehead atoms. The van der Waals surface area contributed by atoms with E-state index in [2.05, 4.69) is 40.7 Å². The second kappa shape index (κ2) is 8.76. The standard InChI is InChI=1S/C24H24N4O/c1-17(20-11-6-5-10-19(20)14-25)16-29-23(18-8-3-2-4-9-18)22-15-27-21-12-7-13-26-24(21)28-22/h2-13,17,22-23,27H,15-16H2,1H3,(H,26,28)/t17?,22-,23-/m0/s1. The lowest BCUT2D eigenvalue weighted by Gasteiger charge is -2.34. The topological polar surface area (TPSA) is 70.0 Å². The fraction of sp³-hybridized carbons (Fsp3) is 0.250. The summed E-state index contributed by atoms with van der Waals surface area (Å²) in [6.07, 6.45) is 1.64. The Hall–Kier alpha value is -3.36. The van der Waals surface area contributed by atoms with Gasteiger partial charge in [0.1, 0.15) is 11.9 Å². The summed E-state index contributed by atoms with van der Waals surface area (Å²) in [6.45, 7) is 3.36. The van der Waals surface area contributed by atoms with Crippen molar-refractivity contribution < 1.29 is 4.74 Å². The van der Waals surface area contributed by atoms with Crippen LogP contribution in [-0.4, -0.2) is 24.2 Å². The van der Waals surface area contributed by atoms with E-state index in [9.17, 15) is 5.26 Å². The van der Waals surface area contributed by atoms with Gasteiger partial charge in [0.15, 0.2) is 0 Å². The molecule has 1 unspecified atom stereocenters. The molecule has 0 radical (unpaired) electrons. The average Bonchev–Trinajstić information content (AvgIpc) is 2.79. The average molecular weight is 384 g/mol. The summed E-state index contributed by atoms with van der Waals surface area (Å²) in [5.74, 6) is 0.954. The summed E-state index contributed by atoms with van der Waals surface area (Å²) in [6, 6.07) is 24.2. The van der Waals surface area contributed by atoms with Crippen LogP contribution < -0.4 is 10.6 Å². The first-order valence-corrected chi connectivity index (χ1v) is 9.87. The number of rotatable bonds is 6. The van der Waals surface area contributed by atoms with Crippen molar-refractivity contribution in [2.75, 3.05) is 23.8 Å². The maximum absolute atomic E-state index is 9.40. The van der Waals surface area contributed by atoms with Gasteiger partial charge >= 0.3 is 0 Å². The molecule has 0 spiro atoms. The first-order valence-electron chi connectivity index (χ1n) is 9.87. The third-order valence-corrected chi connectivity index (χ3v) is 5.27. The van der Waals surface area contributed by atoms with Gasteiger partial charge in [-0.1, -0.05) is 55.5 Å². The van der Waals surface area contributed by atoms with Crippen LogP contribution >= 0.6 is 0 Å². The zero-order valence-corrected chi connectivity index (χ0v) is 16.4. The maximum atomic E-state index is 9.40. The summed E-state index contributed by atoms with van der Waals surface area (Å²) in [4.78, 5) is 4.45. The van der Waals surface area contributed by atoms with Crippen molar-refractivity contribution in [1.29, 1.82) is 5.26 Å². The number of benzene rings is 2. The van der Waals surface area contributed by atoms with E-state index in [1.54, 1.807) is 6.20 Å². The summed E-state index contributed by atoms with van der Waals surface area (Å²) >= 11 is 0. The van der Waals surface area contributed by atoms with Crippen molar-refractivity contribution in [2.45, 2.75) is 25.0 Å². The van der Waals surface area contributed by atoms with Gasteiger partial charge in [-0.15, -0.1) is 0 Å². The predicted octanol–water partition coefficient (Wildman–Crippen LogP) is 4.72. The molecule has 0 saturated carbocycles. The van der Waals surface area contributed by atoms with Gasteiger partial charge in [0.25, 0.3) is 0 Å². The third kappa shape index (κ3) is 4.23. The van der Waals surface area contributed by atoms with Crippen molar-refractivity contribution in [3.8, 4) is 6.07 Å². The van der Waals surface area contributed by atoms with Crippen molar-refractivity contribution >= 4 is 11.5 Å². The van der Waals surface area contributed by atoms with E-state index in [0.717, 1.165) is 29.2 Å². The number of nitriles is 1. The molecule has 0 amide bonds. The van der Waals surface area contributed by atoms with Crippen LogP contribution in [0, 0.1) is 11.3 Å². The van der Waals surface area contributed by atoms with E-state index in [0.29, 0.717) is 12.2 Å². The molecule has 2 heterocycles. The van der Waals surface area contributed by atoms with Crippen molar-refractivity contribution in [1.82, 2.24) is 4.98 Å². The molecule has 5 nitrogen and oxygen atoms in total. The number of hydrogen-bond donors (Lipinski definition) is 2. The van der Waals surface area contributed by atoms with Gasteiger partial charge in [-0.05, 0) is 29.3 Å². The molecule has 1 aromatic heterocycles. The molecular formula is C24H24N4O. The Kier molecular flexibility index (Phi) is 5.73. The molecule has 2 aromatic carbocycles. The summed E-state index contributed by atoms with van der Waals surface area (Å²) in [5, 5.41) is 16.4. The lowest BCUT2D eigenvalue weighted by atomic mass is 9.96. The Morgan fingerprint density at radius 2 is 1.90 bits per heavy atom. The number of nitrogens with zero attached hydrogens (tertiary/aromatic N) is 2. The van der Waals surface area contributed by atoms with Crippen molar-refractivity contribution in [2.24, 2.45) is 0 Å². The third-order valence-electron chi connectivity index (χ3n) is 5.27. The number of fused-ring (bicyclic) bond motifs is 1. The molecule has 5 heteroatoms. The second-order valence-electron chi connectivity index (χ2n) is 7.30. The van der Waals surface area contributed by atoms with Crippen molar-refractivity contribution in [3.05, 3.63) is 89.6 Å². The Morgan fingerprint density at radius 3 is 2.72 bits per heavy atom. The lowest BCUT2D eigenvalue weighted by Crippen LogP contribution is -2.40.